The molecular weight excluding hydrogens is 332 g/mol. The lowest BCUT2D eigenvalue weighted by Gasteiger charge is -2.00. The molecule has 0 bridgehead atoms. The van der Waals surface area contributed by atoms with Gasteiger partial charge in [0.1, 0.15) is 0 Å². The van der Waals surface area contributed by atoms with E-state index in [1.807, 2.05) is 25.1 Å². The highest BCUT2D eigenvalue weighted by molar-refractivity contribution is 9.10. The van der Waals surface area contributed by atoms with Gasteiger partial charge >= 0.3 is 0 Å². The van der Waals surface area contributed by atoms with Crippen LogP contribution < -0.4 is 11.5 Å². The summed E-state index contributed by atoms with van der Waals surface area (Å²) in [6.07, 6.45) is 0. The summed E-state index contributed by atoms with van der Waals surface area (Å²) in [5.41, 5.74) is 15.4. The predicted molar refractivity (Wildman–Crippen MR) is 86.4 cm³/mol. The quantitative estimate of drug-likeness (QED) is 0.692. The van der Waals surface area contributed by atoms with Crippen LogP contribution in [0.4, 0.5) is 11.4 Å². The Balaban J connectivity index is 2.03. The average Bonchev–Trinajstić information content (AvgIpc) is 2.87. The molecule has 21 heavy (non-hydrogen) atoms. The molecule has 1 aromatic heterocycles. The molecule has 0 amide bonds. The maximum atomic E-state index is 5.78. The van der Waals surface area contributed by atoms with Crippen LogP contribution in [0.3, 0.4) is 0 Å². The number of nitrogen functional groups attached to an aromatic ring is 2. The molecule has 2 aromatic carbocycles. The molecule has 0 saturated carbocycles. The smallest absolute Gasteiger partial charge is 0.258 e. The van der Waals surface area contributed by atoms with E-state index < -0.39 is 0 Å². The molecule has 6 heteroatoms. The van der Waals surface area contributed by atoms with Crippen molar-refractivity contribution < 1.29 is 4.52 Å². The van der Waals surface area contributed by atoms with Gasteiger partial charge in [0.15, 0.2) is 0 Å². The van der Waals surface area contributed by atoms with Crippen LogP contribution >= 0.6 is 15.9 Å². The molecule has 0 unspecified atom stereocenters. The van der Waals surface area contributed by atoms with Crippen molar-refractivity contribution in [3.05, 3.63) is 46.4 Å². The van der Waals surface area contributed by atoms with Crippen molar-refractivity contribution in [2.75, 3.05) is 11.5 Å². The summed E-state index contributed by atoms with van der Waals surface area (Å²) in [4.78, 5) is 4.40. The van der Waals surface area contributed by atoms with E-state index in [9.17, 15) is 0 Å². The highest BCUT2D eigenvalue weighted by Crippen LogP contribution is 2.30. The van der Waals surface area contributed by atoms with Crippen LogP contribution in [0.1, 0.15) is 5.56 Å². The topological polar surface area (TPSA) is 91.0 Å². The van der Waals surface area contributed by atoms with E-state index >= 15 is 0 Å². The minimum Gasteiger partial charge on any atom is -0.399 e. The third kappa shape index (κ3) is 2.75. The molecule has 5 nitrogen and oxygen atoms in total. The molecule has 0 radical (unpaired) electrons. The Morgan fingerprint density at radius 2 is 1.76 bits per heavy atom. The summed E-state index contributed by atoms with van der Waals surface area (Å²) >= 11 is 3.51. The second kappa shape index (κ2) is 5.21. The van der Waals surface area contributed by atoms with Crippen molar-refractivity contribution in [2.24, 2.45) is 0 Å². The molecule has 1 heterocycles. The molecule has 0 aliphatic heterocycles. The van der Waals surface area contributed by atoms with Gasteiger partial charge in [0, 0.05) is 27.0 Å². The second-order valence-corrected chi connectivity index (χ2v) is 5.65. The van der Waals surface area contributed by atoms with E-state index in [4.69, 9.17) is 16.0 Å². The summed E-state index contributed by atoms with van der Waals surface area (Å²) < 4.78 is 6.23. The molecule has 4 N–H and O–H groups in total. The maximum absolute atomic E-state index is 5.78. The SMILES string of the molecule is Cc1ccc(-c2noc(-c3cc(N)cc(N)c3)n2)c(Br)c1. The van der Waals surface area contributed by atoms with Crippen molar-refractivity contribution in [1.82, 2.24) is 10.1 Å². The number of anilines is 2. The first-order valence-corrected chi connectivity index (χ1v) is 7.09. The van der Waals surface area contributed by atoms with Crippen LogP contribution in [0.2, 0.25) is 0 Å². The van der Waals surface area contributed by atoms with Crippen molar-refractivity contribution >= 4 is 27.3 Å². The molecule has 0 saturated heterocycles. The molecule has 0 aliphatic carbocycles. The van der Waals surface area contributed by atoms with E-state index in [2.05, 4.69) is 26.1 Å². The first-order chi connectivity index (χ1) is 10.0. The maximum Gasteiger partial charge on any atom is 0.258 e. The molecule has 0 fully saturated rings. The fraction of sp³-hybridized carbons (Fsp3) is 0.0667. The number of aryl methyl sites for hydroxylation is 1. The Labute approximate surface area is 130 Å². The molecule has 0 spiro atoms. The zero-order valence-corrected chi connectivity index (χ0v) is 12.9. The molecular formula is C15H13BrN4O. The molecule has 3 aromatic rings. The van der Waals surface area contributed by atoms with Gasteiger partial charge in [-0.1, -0.05) is 27.2 Å². The van der Waals surface area contributed by atoms with Gasteiger partial charge in [0.05, 0.1) is 0 Å². The Morgan fingerprint density at radius 1 is 1.05 bits per heavy atom. The van der Waals surface area contributed by atoms with Crippen molar-refractivity contribution in [1.29, 1.82) is 0 Å². The third-order valence-corrected chi connectivity index (χ3v) is 3.67. The van der Waals surface area contributed by atoms with Gasteiger partial charge < -0.3 is 16.0 Å². The normalized spacial score (nSPS) is 10.8. The fourth-order valence-electron chi connectivity index (χ4n) is 2.05. The summed E-state index contributed by atoms with van der Waals surface area (Å²) in [6, 6.07) is 11.1. The van der Waals surface area contributed by atoms with Gasteiger partial charge in [-0.2, -0.15) is 4.98 Å². The van der Waals surface area contributed by atoms with Crippen molar-refractivity contribution in [2.45, 2.75) is 6.92 Å². The second-order valence-electron chi connectivity index (χ2n) is 4.79. The predicted octanol–water partition coefficient (Wildman–Crippen LogP) is 3.64. The lowest BCUT2D eigenvalue weighted by atomic mass is 10.1. The number of hydrogen-bond acceptors (Lipinski definition) is 5. The Morgan fingerprint density at radius 3 is 2.43 bits per heavy atom. The Kier molecular flexibility index (Phi) is 3.39. The minimum atomic E-state index is 0.386. The van der Waals surface area contributed by atoms with Crippen molar-refractivity contribution in [3.63, 3.8) is 0 Å². The van der Waals surface area contributed by atoms with Crippen LogP contribution in [0.5, 0.6) is 0 Å². The largest absolute Gasteiger partial charge is 0.399 e. The number of nitrogens with two attached hydrogens (primary N) is 2. The summed E-state index contributed by atoms with van der Waals surface area (Å²) in [5.74, 6) is 0.898. The Hall–Kier alpha value is -2.34. The number of nitrogens with zero attached hydrogens (tertiary/aromatic N) is 2. The molecule has 0 atom stereocenters. The van der Waals surface area contributed by atoms with E-state index in [0.717, 1.165) is 15.6 Å². The van der Waals surface area contributed by atoms with Crippen molar-refractivity contribution in [3.8, 4) is 22.8 Å². The first-order valence-electron chi connectivity index (χ1n) is 6.29. The first kappa shape index (κ1) is 13.6. The Bertz CT molecular complexity index is 793. The highest BCUT2D eigenvalue weighted by atomic mass is 79.9. The van der Waals surface area contributed by atoms with Crippen LogP contribution in [0.25, 0.3) is 22.8 Å². The van der Waals surface area contributed by atoms with E-state index in [0.29, 0.717) is 28.7 Å². The lowest BCUT2D eigenvalue weighted by Crippen LogP contribution is -1.91. The average molecular weight is 345 g/mol. The van der Waals surface area contributed by atoms with Crippen LogP contribution in [0, 0.1) is 6.92 Å². The molecule has 106 valence electrons. The number of hydrogen-bond donors (Lipinski definition) is 2. The lowest BCUT2D eigenvalue weighted by molar-refractivity contribution is 0.432. The third-order valence-electron chi connectivity index (χ3n) is 3.02. The van der Waals surface area contributed by atoms with Crippen LogP contribution in [-0.4, -0.2) is 10.1 Å². The van der Waals surface area contributed by atoms with Crippen LogP contribution in [0.15, 0.2) is 45.4 Å². The summed E-state index contributed by atoms with van der Waals surface area (Å²) in [5, 5.41) is 4.01. The van der Waals surface area contributed by atoms with E-state index in [-0.39, 0.29) is 0 Å². The van der Waals surface area contributed by atoms with Gasteiger partial charge in [-0.05, 0) is 42.8 Å². The fourth-order valence-corrected chi connectivity index (χ4v) is 2.72. The van der Waals surface area contributed by atoms with Gasteiger partial charge in [-0.3, -0.25) is 0 Å². The monoisotopic (exact) mass is 344 g/mol. The minimum absolute atomic E-state index is 0.386. The van der Waals surface area contributed by atoms with Gasteiger partial charge in [-0.25, -0.2) is 0 Å². The summed E-state index contributed by atoms with van der Waals surface area (Å²) in [7, 11) is 0. The molecule has 3 rings (SSSR count). The molecule has 0 aliphatic rings. The zero-order valence-electron chi connectivity index (χ0n) is 11.3. The van der Waals surface area contributed by atoms with Gasteiger partial charge in [0.25, 0.3) is 5.89 Å². The van der Waals surface area contributed by atoms with Crippen LogP contribution in [-0.2, 0) is 0 Å². The van der Waals surface area contributed by atoms with Gasteiger partial charge in [-0.15, -0.1) is 0 Å². The highest BCUT2D eigenvalue weighted by Gasteiger charge is 2.13. The number of halogens is 1. The van der Waals surface area contributed by atoms with Gasteiger partial charge in [0.2, 0.25) is 5.82 Å². The standard InChI is InChI=1S/C15H13BrN4O/c1-8-2-3-12(13(16)4-8)14-19-15(21-20-14)9-5-10(17)7-11(18)6-9/h2-7H,17-18H2,1H3. The van der Waals surface area contributed by atoms with E-state index in [1.165, 1.54) is 0 Å². The number of rotatable bonds is 2. The number of benzene rings is 2. The summed E-state index contributed by atoms with van der Waals surface area (Å²) in [6.45, 7) is 2.02. The zero-order chi connectivity index (χ0) is 15.0. The number of aromatic nitrogens is 2. The van der Waals surface area contributed by atoms with E-state index in [1.54, 1.807) is 18.2 Å².